The van der Waals surface area contributed by atoms with Gasteiger partial charge in [0.2, 0.25) is 0 Å². The first-order chi connectivity index (χ1) is 8.99. The van der Waals surface area contributed by atoms with E-state index in [0.717, 1.165) is 18.4 Å². The minimum atomic E-state index is -0.664. The summed E-state index contributed by atoms with van der Waals surface area (Å²) in [5.41, 5.74) is 1.08. The van der Waals surface area contributed by atoms with E-state index in [4.69, 9.17) is 16.3 Å². The average Bonchev–Trinajstić information content (AvgIpc) is 3.15. The minimum absolute atomic E-state index is 0.104. The van der Waals surface area contributed by atoms with Crippen molar-refractivity contribution in [3.63, 3.8) is 0 Å². The fraction of sp³-hybridized carbons (Fsp3) is 0.429. The fourth-order valence-electron chi connectivity index (χ4n) is 1.75. The van der Waals surface area contributed by atoms with Gasteiger partial charge < -0.3 is 9.64 Å². The second-order valence-electron chi connectivity index (χ2n) is 5.00. The van der Waals surface area contributed by atoms with Crippen molar-refractivity contribution in [1.29, 1.82) is 0 Å². The highest BCUT2D eigenvalue weighted by Crippen LogP contribution is 2.31. The van der Waals surface area contributed by atoms with Crippen LogP contribution < -0.4 is 0 Å². The van der Waals surface area contributed by atoms with Crippen molar-refractivity contribution in [2.75, 3.05) is 14.1 Å². The van der Waals surface area contributed by atoms with Gasteiger partial charge >= 0.3 is 11.9 Å². The zero-order valence-electron chi connectivity index (χ0n) is 11.0. The molecule has 1 aliphatic rings. The SMILES string of the molecule is CN(C)Cc1cccc(C(=O)OC(=O)C2CC2)c1Cl. The Kier molecular flexibility index (Phi) is 4.22. The van der Waals surface area contributed by atoms with E-state index in [1.807, 2.05) is 25.1 Å². The van der Waals surface area contributed by atoms with Gasteiger partial charge in [-0.3, -0.25) is 4.79 Å². The maximum Gasteiger partial charge on any atom is 0.347 e. The van der Waals surface area contributed by atoms with Gasteiger partial charge in [-0.15, -0.1) is 0 Å². The molecule has 1 aromatic carbocycles. The number of benzene rings is 1. The molecule has 1 aromatic rings. The molecule has 2 rings (SSSR count). The van der Waals surface area contributed by atoms with Crippen LogP contribution in [0.5, 0.6) is 0 Å². The molecule has 5 heteroatoms. The molecule has 102 valence electrons. The smallest absolute Gasteiger partial charge is 0.347 e. The Morgan fingerprint density at radius 2 is 2.05 bits per heavy atom. The molecule has 0 aliphatic heterocycles. The number of hydrogen-bond donors (Lipinski definition) is 0. The number of nitrogens with zero attached hydrogens (tertiary/aromatic N) is 1. The monoisotopic (exact) mass is 281 g/mol. The number of carbonyl (C=O) groups is 2. The molecule has 0 spiro atoms. The Morgan fingerprint density at radius 3 is 2.63 bits per heavy atom. The topological polar surface area (TPSA) is 46.6 Å². The molecule has 0 unspecified atom stereocenters. The van der Waals surface area contributed by atoms with Crippen LogP contribution in [0.15, 0.2) is 18.2 Å². The van der Waals surface area contributed by atoms with E-state index in [2.05, 4.69) is 0 Å². The fourth-order valence-corrected chi connectivity index (χ4v) is 2.01. The summed E-state index contributed by atoms with van der Waals surface area (Å²) in [7, 11) is 3.83. The summed E-state index contributed by atoms with van der Waals surface area (Å²) in [6, 6.07) is 5.16. The summed E-state index contributed by atoms with van der Waals surface area (Å²) < 4.78 is 4.83. The molecule has 0 aromatic heterocycles. The third kappa shape index (κ3) is 3.55. The third-order valence-electron chi connectivity index (χ3n) is 2.89. The maximum absolute atomic E-state index is 11.9. The number of hydrogen-bond acceptors (Lipinski definition) is 4. The summed E-state index contributed by atoms with van der Waals surface area (Å²) in [4.78, 5) is 25.3. The first-order valence-corrected chi connectivity index (χ1v) is 6.55. The number of ether oxygens (including phenoxy) is 1. The zero-order valence-corrected chi connectivity index (χ0v) is 11.7. The second-order valence-corrected chi connectivity index (χ2v) is 5.38. The lowest BCUT2D eigenvalue weighted by molar-refractivity contribution is -0.139. The molecule has 1 fully saturated rings. The highest BCUT2D eigenvalue weighted by molar-refractivity contribution is 6.34. The first-order valence-electron chi connectivity index (χ1n) is 6.17. The van der Waals surface area contributed by atoms with Crippen LogP contribution in [-0.2, 0) is 16.1 Å². The Hall–Kier alpha value is -1.39. The zero-order chi connectivity index (χ0) is 14.0. The molecule has 0 radical (unpaired) electrons. The van der Waals surface area contributed by atoms with E-state index >= 15 is 0 Å². The van der Waals surface area contributed by atoms with Crippen molar-refractivity contribution >= 4 is 23.5 Å². The van der Waals surface area contributed by atoms with Crippen molar-refractivity contribution in [2.45, 2.75) is 19.4 Å². The van der Waals surface area contributed by atoms with E-state index in [1.54, 1.807) is 12.1 Å². The summed E-state index contributed by atoms with van der Waals surface area (Å²) in [6.45, 7) is 0.622. The number of carbonyl (C=O) groups excluding carboxylic acids is 2. The lowest BCUT2D eigenvalue weighted by Gasteiger charge is -2.13. The van der Waals surface area contributed by atoms with Gasteiger partial charge in [-0.25, -0.2) is 4.79 Å². The quantitative estimate of drug-likeness (QED) is 0.628. The second kappa shape index (κ2) is 5.72. The Bertz CT molecular complexity index is 509. The van der Waals surface area contributed by atoms with Crippen LogP contribution >= 0.6 is 11.6 Å². The molecule has 1 aliphatic carbocycles. The van der Waals surface area contributed by atoms with Gasteiger partial charge in [0.05, 0.1) is 16.5 Å². The lowest BCUT2D eigenvalue weighted by Crippen LogP contribution is -2.16. The molecular weight excluding hydrogens is 266 g/mol. The van der Waals surface area contributed by atoms with Gasteiger partial charge in [0.1, 0.15) is 0 Å². The summed E-state index contributed by atoms with van der Waals surface area (Å²) >= 11 is 6.19. The van der Waals surface area contributed by atoms with Gasteiger partial charge in [0.25, 0.3) is 0 Å². The highest BCUT2D eigenvalue weighted by atomic mass is 35.5. The van der Waals surface area contributed by atoms with Gasteiger partial charge in [0.15, 0.2) is 0 Å². The van der Waals surface area contributed by atoms with Crippen molar-refractivity contribution in [2.24, 2.45) is 5.92 Å². The number of halogens is 1. The van der Waals surface area contributed by atoms with Gasteiger partial charge in [-0.1, -0.05) is 23.7 Å². The molecule has 0 atom stereocenters. The Morgan fingerprint density at radius 1 is 1.37 bits per heavy atom. The van der Waals surface area contributed by atoms with E-state index in [-0.39, 0.29) is 11.5 Å². The van der Waals surface area contributed by atoms with E-state index in [9.17, 15) is 9.59 Å². The molecule has 0 heterocycles. The number of rotatable bonds is 4. The normalized spacial score (nSPS) is 14.5. The average molecular weight is 282 g/mol. The summed E-state index contributed by atoms with van der Waals surface area (Å²) in [6.07, 6.45) is 1.61. The number of esters is 2. The summed E-state index contributed by atoms with van der Waals surface area (Å²) in [5, 5.41) is 0.352. The largest absolute Gasteiger partial charge is 0.389 e. The van der Waals surface area contributed by atoms with Crippen molar-refractivity contribution in [3.05, 3.63) is 34.3 Å². The van der Waals surface area contributed by atoms with Crippen LogP contribution in [-0.4, -0.2) is 30.9 Å². The highest BCUT2D eigenvalue weighted by Gasteiger charge is 2.33. The lowest BCUT2D eigenvalue weighted by atomic mass is 10.1. The van der Waals surface area contributed by atoms with Crippen LogP contribution in [0.4, 0.5) is 0 Å². The van der Waals surface area contributed by atoms with Gasteiger partial charge in [-0.05, 0) is 38.6 Å². The molecule has 0 saturated heterocycles. The molecule has 0 bridgehead atoms. The van der Waals surface area contributed by atoms with Crippen LogP contribution in [0.2, 0.25) is 5.02 Å². The standard InChI is InChI=1S/C14H16ClNO3/c1-16(2)8-10-4-3-5-11(12(10)15)14(18)19-13(17)9-6-7-9/h3-5,9H,6-8H2,1-2H3. The molecule has 0 N–H and O–H groups in total. The summed E-state index contributed by atoms with van der Waals surface area (Å²) in [5.74, 6) is -1.21. The minimum Gasteiger partial charge on any atom is -0.389 e. The predicted molar refractivity (Wildman–Crippen MR) is 72.0 cm³/mol. The van der Waals surface area contributed by atoms with Crippen molar-refractivity contribution < 1.29 is 14.3 Å². The van der Waals surface area contributed by atoms with E-state index < -0.39 is 11.9 Å². The molecular formula is C14H16ClNO3. The Balaban J connectivity index is 2.14. The van der Waals surface area contributed by atoms with Gasteiger partial charge in [-0.2, -0.15) is 0 Å². The first kappa shape index (κ1) is 14.0. The van der Waals surface area contributed by atoms with Crippen LogP contribution in [0.3, 0.4) is 0 Å². The van der Waals surface area contributed by atoms with Crippen molar-refractivity contribution in [3.8, 4) is 0 Å². The van der Waals surface area contributed by atoms with E-state index in [0.29, 0.717) is 11.6 Å². The van der Waals surface area contributed by atoms with E-state index in [1.165, 1.54) is 0 Å². The molecule has 4 nitrogen and oxygen atoms in total. The molecule has 19 heavy (non-hydrogen) atoms. The molecule has 0 amide bonds. The van der Waals surface area contributed by atoms with Crippen molar-refractivity contribution in [1.82, 2.24) is 4.90 Å². The predicted octanol–water partition coefficient (Wildman–Crippen LogP) is 2.50. The van der Waals surface area contributed by atoms with Crippen LogP contribution in [0, 0.1) is 5.92 Å². The maximum atomic E-state index is 11.9. The molecule has 1 saturated carbocycles. The van der Waals surface area contributed by atoms with Crippen LogP contribution in [0.25, 0.3) is 0 Å². The van der Waals surface area contributed by atoms with Crippen LogP contribution in [0.1, 0.15) is 28.8 Å². The third-order valence-corrected chi connectivity index (χ3v) is 3.34. The van der Waals surface area contributed by atoms with Gasteiger partial charge in [0, 0.05) is 6.54 Å². The Labute approximate surface area is 117 Å².